The van der Waals surface area contributed by atoms with Crippen molar-refractivity contribution in [2.75, 3.05) is 0 Å². The highest BCUT2D eigenvalue weighted by molar-refractivity contribution is 9.10. The Hall–Kier alpha value is -0.780. The average Bonchev–Trinajstić information content (AvgIpc) is 2.63. The Bertz CT molecular complexity index is 534. The fourth-order valence-electron chi connectivity index (χ4n) is 1.60. The lowest BCUT2D eigenvalue weighted by Crippen LogP contribution is -2.13. The van der Waals surface area contributed by atoms with E-state index in [9.17, 15) is 4.39 Å². The van der Waals surface area contributed by atoms with E-state index in [1.807, 2.05) is 6.92 Å². The molecule has 0 aliphatic rings. The molecule has 0 radical (unpaired) electrons. The molecule has 1 aromatic heterocycles. The molecule has 0 spiro atoms. The molecule has 0 aliphatic carbocycles. The van der Waals surface area contributed by atoms with Gasteiger partial charge in [0.2, 0.25) is 0 Å². The molecular weight excluding hydrogens is 315 g/mol. The molecule has 0 unspecified atom stereocenters. The number of nitrogens with zero attached hydrogens (tertiary/aromatic N) is 1. The van der Waals surface area contributed by atoms with E-state index in [0.29, 0.717) is 13.1 Å². The smallest absolute Gasteiger partial charge is 0.123 e. The average molecular weight is 329 g/mol. The van der Waals surface area contributed by atoms with Crippen molar-refractivity contribution in [1.82, 2.24) is 10.3 Å². The van der Waals surface area contributed by atoms with E-state index in [2.05, 4.69) is 33.2 Å². The molecule has 2 aromatic rings. The van der Waals surface area contributed by atoms with Crippen LogP contribution in [0.25, 0.3) is 0 Å². The molecule has 1 N–H and O–H groups in total. The van der Waals surface area contributed by atoms with Crippen LogP contribution in [-0.2, 0) is 13.1 Å². The van der Waals surface area contributed by atoms with Crippen LogP contribution in [0, 0.1) is 19.7 Å². The Labute approximate surface area is 118 Å². The van der Waals surface area contributed by atoms with Crippen LogP contribution >= 0.6 is 27.3 Å². The van der Waals surface area contributed by atoms with Crippen LogP contribution in [0.1, 0.15) is 21.1 Å². The minimum Gasteiger partial charge on any atom is -0.306 e. The lowest BCUT2D eigenvalue weighted by Gasteiger charge is -2.05. The van der Waals surface area contributed by atoms with E-state index in [4.69, 9.17) is 0 Å². The summed E-state index contributed by atoms with van der Waals surface area (Å²) in [5.74, 6) is -0.212. The van der Waals surface area contributed by atoms with Gasteiger partial charge >= 0.3 is 0 Å². The molecule has 0 atom stereocenters. The number of halogens is 2. The largest absolute Gasteiger partial charge is 0.306 e. The number of benzene rings is 1. The van der Waals surface area contributed by atoms with Gasteiger partial charge < -0.3 is 5.32 Å². The second-order valence-electron chi connectivity index (χ2n) is 4.09. The molecule has 2 rings (SSSR count). The number of thiazole rings is 1. The first kappa shape index (κ1) is 13.6. The first-order chi connectivity index (χ1) is 8.56. The SMILES string of the molecule is Cc1nc(CNCc2cc(F)ccc2Br)sc1C. The summed E-state index contributed by atoms with van der Waals surface area (Å²) in [6.07, 6.45) is 0. The van der Waals surface area contributed by atoms with Crippen molar-refractivity contribution in [3.8, 4) is 0 Å². The van der Waals surface area contributed by atoms with Crippen molar-refractivity contribution >= 4 is 27.3 Å². The van der Waals surface area contributed by atoms with Crippen LogP contribution in [0.2, 0.25) is 0 Å². The van der Waals surface area contributed by atoms with Gasteiger partial charge in [-0.25, -0.2) is 9.37 Å². The molecule has 0 fully saturated rings. The molecule has 5 heteroatoms. The fraction of sp³-hybridized carbons (Fsp3) is 0.308. The molecule has 0 saturated carbocycles. The standard InChI is InChI=1S/C13H14BrFN2S/c1-8-9(2)18-13(17-8)7-16-6-10-5-11(15)3-4-12(10)14/h3-5,16H,6-7H2,1-2H3. The van der Waals surface area contributed by atoms with Crippen LogP contribution in [0.5, 0.6) is 0 Å². The molecule has 18 heavy (non-hydrogen) atoms. The normalized spacial score (nSPS) is 10.9. The molecule has 0 amide bonds. The Morgan fingerprint density at radius 1 is 1.33 bits per heavy atom. The quantitative estimate of drug-likeness (QED) is 0.919. The van der Waals surface area contributed by atoms with E-state index in [-0.39, 0.29) is 5.82 Å². The van der Waals surface area contributed by atoms with Gasteiger partial charge in [-0.15, -0.1) is 11.3 Å². The zero-order valence-electron chi connectivity index (χ0n) is 10.3. The topological polar surface area (TPSA) is 24.9 Å². The van der Waals surface area contributed by atoms with Crippen molar-refractivity contribution in [2.24, 2.45) is 0 Å². The second kappa shape index (κ2) is 5.91. The number of nitrogens with one attached hydrogen (secondary N) is 1. The van der Waals surface area contributed by atoms with Gasteiger partial charge in [-0.1, -0.05) is 15.9 Å². The molecule has 0 saturated heterocycles. The molecule has 2 nitrogen and oxygen atoms in total. The van der Waals surface area contributed by atoms with E-state index < -0.39 is 0 Å². The van der Waals surface area contributed by atoms with Gasteiger partial charge in [0.15, 0.2) is 0 Å². The predicted molar refractivity (Wildman–Crippen MR) is 76.2 cm³/mol. The molecular formula is C13H14BrFN2S. The number of rotatable bonds is 4. The minimum atomic E-state index is -0.212. The molecule has 0 aliphatic heterocycles. The Balaban J connectivity index is 1.94. The van der Waals surface area contributed by atoms with Crippen LogP contribution in [0.4, 0.5) is 4.39 Å². The Morgan fingerprint density at radius 3 is 2.78 bits per heavy atom. The second-order valence-corrected chi connectivity index (χ2v) is 6.23. The maximum Gasteiger partial charge on any atom is 0.123 e. The summed E-state index contributed by atoms with van der Waals surface area (Å²) >= 11 is 5.11. The lowest BCUT2D eigenvalue weighted by atomic mass is 10.2. The van der Waals surface area contributed by atoms with Crippen LogP contribution < -0.4 is 5.32 Å². The minimum absolute atomic E-state index is 0.212. The lowest BCUT2D eigenvalue weighted by molar-refractivity contribution is 0.619. The summed E-state index contributed by atoms with van der Waals surface area (Å²) in [7, 11) is 0. The van der Waals surface area contributed by atoms with E-state index >= 15 is 0 Å². The fourth-order valence-corrected chi connectivity index (χ4v) is 2.89. The zero-order chi connectivity index (χ0) is 13.1. The summed E-state index contributed by atoms with van der Waals surface area (Å²) in [6.45, 7) is 5.41. The van der Waals surface area contributed by atoms with Crippen LogP contribution in [0.3, 0.4) is 0 Å². The van der Waals surface area contributed by atoms with Gasteiger partial charge in [-0.3, -0.25) is 0 Å². The third-order valence-electron chi connectivity index (χ3n) is 2.67. The number of aromatic nitrogens is 1. The zero-order valence-corrected chi connectivity index (χ0v) is 12.7. The molecule has 0 bridgehead atoms. The van der Waals surface area contributed by atoms with E-state index in [1.165, 1.54) is 17.0 Å². The van der Waals surface area contributed by atoms with Crippen LogP contribution in [-0.4, -0.2) is 4.98 Å². The summed E-state index contributed by atoms with van der Waals surface area (Å²) in [5, 5.41) is 4.34. The molecule has 1 aromatic carbocycles. The number of hydrogen-bond acceptors (Lipinski definition) is 3. The molecule has 96 valence electrons. The first-order valence-corrected chi connectivity index (χ1v) is 7.25. The van der Waals surface area contributed by atoms with Gasteiger partial charge in [0.25, 0.3) is 0 Å². The number of hydrogen-bond donors (Lipinski definition) is 1. The monoisotopic (exact) mass is 328 g/mol. The van der Waals surface area contributed by atoms with Gasteiger partial charge in [0, 0.05) is 22.4 Å². The van der Waals surface area contributed by atoms with E-state index in [1.54, 1.807) is 17.4 Å². The summed E-state index contributed by atoms with van der Waals surface area (Å²) < 4.78 is 14.0. The van der Waals surface area contributed by atoms with Crippen molar-refractivity contribution in [2.45, 2.75) is 26.9 Å². The van der Waals surface area contributed by atoms with Crippen molar-refractivity contribution < 1.29 is 4.39 Å². The first-order valence-electron chi connectivity index (χ1n) is 5.64. The van der Waals surface area contributed by atoms with Gasteiger partial charge in [0.05, 0.1) is 5.69 Å². The summed E-state index contributed by atoms with van der Waals surface area (Å²) in [5.41, 5.74) is 2.00. The maximum atomic E-state index is 13.1. The third kappa shape index (κ3) is 3.37. The highest BCUT2D eigenvalue weighted by Gasteiger charge is 2.05. The van der Waals surface area contributed by atoms with Crippen molar-refractivity contribution in [3.05, 3.63) is 49.6 Å². The molecule has 1 heterocycles. The van der Waals surface area contributed by atoms with Crippen molar-refractivity contribution in [3.63, 3.8) is 0 Å². The Morgan fingerprint density at radius 2 is 2.11 bits per heavy atom. The van der Waals surface area contributed by atoms with Crippen molar-refractivity contribution in [1.29, 1.82) is 0 Å². The third-order valence-corrected chi connectivity index (χ3v) is 4.52. The summed E-state index contributed by atoms with van der Waals surface area (Å²) in [6, 6.07) is 4.71. The van der Waals surface area contributed by atoms with Gasteiger partial charge in [-0.05, 0) is 37.6 Å². The highest BCUT2D eigenvalue weighted by Crippen LogP contribution is 2.19. The van der Waals surface area contributed by atoms with Gasteiger partial charge in [0.1, 0.15) is 10.8 Å². The Kier molecular flexibility index (Phi) is 4.48. The highest BCUT2D eigenvalue weighted by atomic mass is 79.9. The van der Waals surface area contributed by atoms with Crippen LogP contribution in [0.15, 0.2) is 22.7 Å². The summed E-state index contributed by atoms with van der Waals surface area (Å²) in [4.78, 5) is 5.70. The number of aryl methyl sites for hydroxylation is 2. The maximum absolute atomic E-state index is 13.1. The predicted octanol–water partition coefficient (Wildman–Crippen LogP) is 3.95. The van der Waals surface area contributed by atoms with E-state index in [0.717, 1.165) is 20.7 Å². The van der Waals surface area contributed by atoms with Gasteiger partial charge in [-0.2, -0.15) is 0 Å².